The predicted molar refractivity (Wildman–Crippen MR) is 93.7 cm³/mol. The molecule has 6 heteroatoms. The van der Waals surface area contributed by atoms with Gasteiger partial charge in [0.1, 0.15) is 0 Å². The molecule has 1 aromatic heterocycles. The molecule has 0 aromatic carbocycles. The van der Waals surface area contributed by atoms with Crippen LogP contribution in [0, 0.1) is 0 Å². The zero-order chi connectivity index (χ0) is 17.4. The van der Waals surface area contributed by atoms with Gasteiger partial charge in [-0.2, -0.15) is 5.10 Å². The van der Waals surface area contributed by atoms with Crippen molar-refractivity contribution in [2.24, 2.45) is 7.05 Å². The number of likely N-dealkylation sites (tertiary alicyclic amines) is 1. The lowest BCUT2D eigenvalue weighted by Gasteiger charge is -2.47. The fourth-order valence-electron chi connectivity index (χ4n) is 4.88. The molecule has 4 rings (SSSR count). The van der Waals surface area contributed by atoms with Crippen LogP contribution in [-0.4, -0.2) is 59.1 Å². The van der Waals surface area contributed by atoms with Crippen molar-refractivity contribution in [2.45, 2.75) is 63.1 Å². The van der Waals surface area contributed by atoms with Crippen molar-refractivity contribution in [1.29, 1.82) is 0 Å². The molecule has 138 valence electrons. The van der Waals surface area contributed by atoms with Crippen LogP contribution >= 0.6 is 0 Å². The Hall–Kier alpha value is -1.40. The monoisotopic (exact) mass is 347 g/mol. The van der Waals surface area contributed by atoms with Gasteiger partial charge in [-0.1, -0.05) is 0 Å². The summed E-state index contributed by atoms with van der Waals surface area (Å²) in [6, 6.07) is 0. The lowest BCUT2D eigenvalue weighted by Crippen LogP contribution is -2.56. The standard InChI is InChI=1S/C19H29N3O3/c1-21-15-7-4-3-6-14(15)17(20-21)18(23)22-11-9-19(10-12-22)16(24-2)8-5-13-25-19/h16H,3-13H2,1-2H3. The van der Waals surface area contributed by atoms with Crippen molar-refractivity contribution in [3.63, 3.8) is 0 Å². The molecule has 1 aliphatic carbocycles. The maximum absolute atomic E-state index is 13.1. The first-order chi connectivity index (χ1) is 12.1. The third kappa shape index (κ3) is 2.89. The van der Waals surface area contributed by atoms with Gasteiger partial charge in [0, 0.05) is 45.1 Å². The number of rotatable bonds is 2. The molecule has 0 radical (unpaired) electrons. The summed E-state index contributed by atoms with van der Waals surface area (Å²) >= 11 is 0. The van der Waals surface area contributed by atoms with Crippen LogP contribution in [0.25, 0.3) is 0 Å². The number of hydrogen-bond acceptors (Lipinski definition) is 4. The fourth-order valence-corrected chi connectivity index (χ4v) is 4.88. The number of methoxy groups -OCH3 is 1. The van der Waals surface area contributed by atoms with Crippen molar-refractivity contribution in [3.8, 4) is 0 Å². The third-order valence-electron chi connectivity index (χ3n) is 6.34. The second-order valence-corrected chi connectivity index (χ2v) is 7.68. The molecule has 1 atom stereocenters. The zero-order valence-corrected chi connectivity index (χ0v) is 15.4. The van der Waals surface area contributed by atoms with E-state index in [-0.39, 0.29) is 17.6 Å². The number of aromatic nitrogens is 2. The number of hydrogen-bond donors (Lipinski definition) is 0. The van der Waals surface area contributed by atoms with Crippen molar-refractivity contribution in [3.05, 3.63) is 17.0 Å². The quantitative estimate of drug-likeness (QED) is 0.822. The van der Waals surface area contributed by atoms with Gasteiger partial charge in [0.15, 0.2) is 5.69 Å². The number of nitrogens with zero attached hydrogens (tertiary/aromatic N) is 3. The molecule has 1 amide bonds. The Balaban J connectivity index is 1.49. The summed E-state index contributed by atoms with van der Waals surface area (Å²) in [4.78, 5) is 15.1. The van der Waals surface area contributed by atoms with E-state index in [1.807, 2.05) is 16.6 Å². The van der Waals surface area contributed by atoms with Crippen LogP contribution in [0.15, 0.2) is 0 Å². The molecular formula is C19H29N3O3. The van der Waals surface area contributed by atoms with Crippen LogP contribution in [0.3, 0.4) is 0 Å². The zero-order valence-electron chi connectivity index (χ0n) is 15.4. The van der Waals surface area contributed by atoms with Crippen molar-refractivity contribution in [1.82, 2.24) is 14.7 Å². The molecule has 6 nitrogen and oxygen atoms in total. The summed E-state index contributed by atoms with van der Waals surface area (Å²) < 4.78 is 13.8. The van der Waals surface area contributed by atoms with Gasteiger partial charge in [0.2, 0.25) is 0 Å². The van der Waals surface area contributed by atoms with Gasteiger partial charge in [-0.05, 0) is 51.4 Å². The highest BCUT2D eigenvalue weighted by Crippen LogP contribution is 2.37. The molecule has 1 unspecified atom stereocenters. The molecule has 2 fully saturated rings. The summed E-state index contributed by atoms with van der Waals surface area (Å²) in [6.45, 7) is 2.26. The van der Waals surface area contributed by atoms with Gasteiger partial charge in [-0.3, -0.25) is 9.48 Å². The van der Waals surface area contributed by atoms with E-state index >= 15 is 0 Å². The average Bonchev–Trinajstić information content (AvgIpc) is 2.99. The first-order valence-electron chi connectivity index (χ1n) is 9.65. The molecule has 2 aliphatic heterocycles. The van der Waals surface area contributed by atoms with E-state index < -0.39 is 0 Å². The van der Waals surface area contributed by atoms with E-state index in [1.54, 1.807) is 7.11 Å². The van der Waals surface area contributed by atoms with E-state index in [0.29, 0.717) is 5.69 Å². The maximum Gasteiger partial charge on any atom is 0.274 e. The van der Waals surface area contributed by atoms with Crippen LogP contribution in [-0.2, 0) is 29.4 Å². The minimum Gasteiger partial charge on any atom is -0.378 e. The van der Waals surface area contributed by atoms with Gasteiger partial charge in [-0.15, -0.1) is 0 Å². The minimum atomic E-state index is -0.201. The Bertz CT molecular complexity index is 647. The lowest BCUT2D eigenvalue weighted by molar-refractivity contribution is -0.183. The molecule has 1 spiro atoms. The molecule has 25 heavy (non-hydrogen) atoms. The number of carbonyl (C=O) groups is 1. The fraction of sp³-hybridized carbons (Fsp3) is 0.789. The molecule has 2 saturated heterocycles. The van der Waals surface area contributed by atoms with E-state index in [2.05, 4.69) is 5.10 Å². The second kappa shape index (κ2) is 6.72. The second-order valence-electron chi connectivity index (χ2n) is 7.68. The third-order valence-corrected chi connectivity index (χ3v) is 6.34. The molecule has 0 bridgehead atoms. The topological polar surface area (TPSA) is 56.6 Å². The van der Waals surface area contributed by atoms with Crippen LogP contribution in [0.2, 0.25) is 0 Å². The number of fused-ring (bicyclic) bond motifs is 1. The number of ether oxygens (including phenoxy) is 2. The summed E-state index contributed by atoms with van der Waals surface area (Å²) in [6.07, 6.45) is 8.35. The number of carbonyl (C=O) groups excluding carboxylic acids is 1. The van der Waals surface area contributed by atoms with Crippen molar-refractivity contribution >= 4 is 5.91 Å². The number of amides is 1. The first kappa shape index (κ1) is 17.0. The Morgan fingerprint density at radius 3 is 2.76 bits per heavy atom. The van der Waals surface area contributed by atoms with Gasteiger partial charge in [0.05, 0.1) is 11.7 Å². The predicted octanol–water partition coefficient (Wildman–Crippen LogP) is 2.10. The number of piperidine rings is 1. The van der Waals surface area contributed by atoms with E-state index in [0.717, 1.165) is 64.6 Å². The molecule has 0 saturated carbocycles. The molecule has 3 heterocycles. The van der Waals surface area contributed by atoms with Crippen molar-refractivity contribution < 1.29 is 14.3 Å². The largest absolute Gasteiger partial charge is 0.378 e. The lowest BCUT2D eigenvalue weighted by atomic mass is 9.81. The van der Waals surface area contributed by atoms with Crippen LogP contribution in [0.4, 0.5) is 0 Å². The Labute approximate surface area is 149 Å². The van der Waals surface area contributed by atoms with Gasteiger partial charge >= 0.3 is 0 Å². The first-order valence-corrected chi connectivity index (χ1v) is 9.65. The highest BCUT2D eigenvalue weighted by molar-refractivity contribution is 5.94. The summed E-state index contributed by atoms with van der Waals surface area (Å²) in [5.74, 6) is 0.0957. The van der Waals surface area contributed by atoms with Gasteiger partial charge in [-0.25, -0.2) is 0 Å². The summed E-state index contributed by atoms with van der Waals surface area (Å²) in [5.41, 5.74) is 2.91. The summed E-state index contributed by atoms with van der Waals surface area (Å²) in [7, 11) is 3.74. The SMILES string of the molecule is COC1CCCOC12CCN(C(=O)c1nn(C)c3c1CCCC3)CC2. The molecule has 1 aromatic rings. The molecule has 3 aliphatic rings. The normalized spacial score (nSPS) is 25.8. The maximum atomic E-state index is 13.1. The minimum absolute atomic E-state index is 0.0957. The Morgan fingerprint density at radius 2 is 2.00 bits per heavy atom. The van der Waals surface area contributed by atoms with Gasteiger partial charge in [0.25, 0.3) is 5.91 Å². The van der Waals surface area contributed by atoms with Crippen LogP contribution < -0.4 is 0 Å². The summed E-state index contributed by atoms with van der Waals surface area (Å²) in [5, 5.41) is 4.57. The molecule has 0 N–H and O–H groups in total. The average molecular weight is 347 g/mol. The van der Waals surface area contributed by atoms with Crippen LogP contribution in [0.5, 0.6) is 0 Å². The van der Waals surface area contributed by atoms with Gasteiger partial charge < -0.3 is 14.4 Å². The van der Waals surface area contributed by atoms with E-state index in [4.69, 9.17) is 9.47 Å². The van der Waals surface area contributed by atoms with E-state index in [9.17, 15) is 4.79 Å². The smallest absolute Gasteiger partial charge is 0.274 e. The molecular weight excluding hydrogens is 318 g/mol. The Morgan fingerprint density at radius 1 is 1.24 bits per heavy atom. The number of aryl methyl sites for hydroxylation is 1. The van der Waals surface area contributed by atoms with Crippen molar-refractivity contribution in [2.75, 3.05) is 26.8 Å². The highest BCUT2D eigenvalue weighted by Gasteiger charge is 2.45. The Kier molecular flexibility index (Phi) is 4.58. The highest BCUT2D eigenvalue weighted by atomic mass is 16.5. The van der Waals surface area contributed by atoms with E-state index in [1.165, 1.54) is 17.7 Å². The van der Waals surface area contributed by atoms with Crippen LogP contribution in [0.1, 0.15) is 60.3 Å².